The van der Waals surface area contributed by atoms with Gasteiger partial charge in [0.05, 0.1) is 17.7 Å². The van der Waals surface area contributed by atoms with E-state index in [4.69, 9.17) is 10.5 Å². The van der Waals surface area contributed by atoms with E-state index in [0.29, 0.717) is 5.92 Å². The van der Waals surface area contributed by atoms with Crippen LogP contribution < -0.4 is 5.73 Å². The molecule has 0 aromatic heterocycles. The fraction of sp³-hybridized carbons (Fsp3) is 1.00. The summed E-state index contributed by atoms with van der Waals surface area (Å²) in [5.41, 5.74) is 6.56. The fourth-order valence-electron chi connectivity index (χ4n) is 3.24. The molecule has 2 saturated carbocycles. The molecule has 1 spiro atoms. The number of ether oxygens (including phenoxy) is 1. The molecule has 2 heteroatoms. The van der Waals surface area contributed by atoms with Crippen LogP contribution >= 0.6 is 0 Å². The molecule has 0 aromatic carbocycles. The van der Waals surface area contributed by atoms with Crippen molar-refractivity contribution in [1.29, 1.82) is 0 Å². The molecule has 0 aromatic rings. The second-order valence-electron chi connectivity index (χ2n) is 4.81. The van der Waals surface area contributed by atoms with Crippen molar-refractivity contribution in [1.82, 2.24) is 0 Å². The minimum absolute atomic E-state index is 0.105. The molecule has 2 nitrogen and oxygen atoms in total. The summed E-state index contributed by atoms with van der Waals surface area (Å²) in [7, 11) is 0. The van der Waals surface area contributed by atoms with Gasteiger partial charge in [-0.15, -0.1) is 0 Å². The third kappa shape index (κ3) is 0.686. The number of hydrogen-bond donors (Lipinski definition) is 1. The Hall–Kier alpha value is -0.0800. The van der Waals surface area contributed by atoms with E-state index < -0.39 is 0 Å². The van der Waals surface area contributed by atoms with Gasteiger partial charge in [-0.05, 0) is 19.3 Å². The Labute approximate surface area is 73.5 Å². The second kappa shape index (κ2) is 2.05. The lowest BCUT2D eigenvalue weighted by Gasteiger charge is -2.39. The van der Waals surface area contributed by atoms with E-state index >= 15 is 0 Å². The number of nitrogens with two attached hydrogens (primary N) is 1. The molecule has 1 heterocycles. The van der Waals surface area contributed by atoms with Gasteiger partial charge in [0, 0.05) is 5.92 Å². The van der Waals surface area contributed by atoms with Gasteiger partial charge in [-0.25, -0.2) is 0 Å². The summed E-state index contributed by atoms with van der Waals surface area (Å²) in [6, 6.07) is 0. The van der Waals surface area contributed by atoms with Gasteiger partial charge in [0.2, 0.25) is 0 Å². The molecule has 3 aliphatic rings. The number of fused-ring (bicyclic) bond motifs is 2. The quantitative estimate of drug-likeness (QED) is 0.592. The van der Waals surface area contributed by atoms with Crippen LogP contribution in [0.2, 0.25) is 0 Å². The third-order valence-corrected chi connectivity index (χ3v) is 4.22. The fourth-order valence-corrected chi connectivity index (χ4v) is 3.24. The van der Waals surface area contributed by atoms with Gasteiger partial charge in [-0.3, -0.25) is 0 Å². The summed E-state index contributed by atoms with van der Waals surface area (Å²) in [5.74, 6) is 0.704. The predicted octanol–water partition coefficient (Wildman–Crippen LogP) is 1.44. The molecule has 3 fully saturated rings. The molecule has 2 N–H and O–H groups in total. The molecule has 1 aliphatic heterocycles. The monoisotopic (exact) mass is 167 g/mol. The summed E-state index contributed by atoms with van der Waals surface area (Å²) in [6.45, 7) is 0.941. The highest BCUT2D eigenvalue weighted by atomic mass is 16.5. The molecule has 2 atom stereocenters. The lowest BCUT2D eigenvalue weighted by atomic mass is 9.78. The largest absolute Gasteiger partial charge is 0.373 e. The van der Waals surface area contributed by atoms with Gasteiger partial charge in [0.15, 0.2) is 0 Å². The number of hydrogen-bond acceptors (Lipinski definition) is 2. The Bertz CT molecular complexity index is 208. The average molecular weight is 167 g/mol. The van der Waals surface area contributed by atoms with Crippen LogP contribution in [0.5, 0.6) is 0 Å². The van der Waals surface area contributed by atoms with Crippen LogP contribution in [0, 0.1) is 5.92 Å². The molecular formula is C10H17NO. The summed E-state index contributed by atoms with van der Waals surface area (Å²) in [4.78, 5) is 0. The summed E-state index contributed by atoms with van der Waals surface area (Å²) in [6.07, 6.45) is 7.70. The first-order valence-corrected chi connectivity index (χ1v) is 5.20. The average Bonchev–Trinajstić information content (AvgIpc) is 2.71. The maximum absolute atomic E-state index is 6.34. The molecule has 0 amide bonds. The molecule has 2 aliphatic carbocycles. The van der Waals surface area contributed by atoms with E-state index in [0.717, 1.165) is 6.61 Å². The second-order valence-corrected chi connectivity index (χ2v) is 4.81. The van der Waals surface area contributed by atoms with Crippen molar-refractivity contribution in [3.63, 3.8) is 0 Å². The van der Waals surface area contributed by atoms with Crippen molar-refractivity contribution in [2.45, 2.75) is 49.7 Å². The van der Waals surface area contributed by atoms with E-state index in [1.807, 2.05) is 0 Å². The molecule has 2 unspecified atom stereocenters. The van der Waals surface area contributed by atoms with Crippen molar-refractivity contribution < 1.29 is 4.74 Å². The van der Waals surface area contributed by atoms with Crippen molar-refractivity contribution in [2.24, 2.45) is 11.7 Å². The first-order chi connectivity index (χ1) is 5.77. The van der Waals surface area contributed by atoms with Gasteiger partial charge in [-0.2, -0.15) is 0 Å². The van der Waals surface area contributed by atoms with Crippen LogP contribution in [-0.2, 0) is 4.74 Å². The Kier molecular flexibility index (Phi) is 1.25. The summed E-state index contributed by atoms with van der Waals surface area (Å²) in [5, 5.41) is 0. The van der Waals surface area contributed by atoms with Gasteiger partial charge in [-0.1, -0.05) is 19.3 Å². The highest BCUT2D eigenvalue weighted by Gasteiger charge is 2.69. The van der Waals surface area contributed by atoms with E-state index in [9.17, 15) is 0 Å². The zero-order valence-electron chi connectivity index (χ0n) is 7.51. The third-order valence-electron chi connectivity index (χ3n) is 4.22. The molecule has 3 rings (SSSR count). The van der Waals surface area contributed by atoms with E-state index in [1.165, 1.54) is 38.5 Å². The lowest BCUT2D eigenvalue weighted by molar-refractivity contribution is -0.0580. The SMILES string of the molecule is NC12CC1COC21CCCCC1. The van der Waals surface area contributed by atoms with Crippen LogP contribution in [0.3, 0.4) is 0 Å². The maximum atomic E-state index is 6.34. The van der Waals surface area contributed by atoms with E-state index in [-0.39, 0.29) is 11.1 Å². The van der Waals surface area contributed by atoms with Crippen LogP contribution in [0.25, 0.3) is 0 Å². The lowest BCUT2D eigenvalue weighted by Crippen LogP contribution is -2.51. The molecular weight excluding hydrogens is 150 g/mol. The molecule has 12 heavy (non-hydrogen) atoms. The smallest absolute Gasteiger partial charge is 0.0864 e. The Morgan fingerprint density at radius 3 is 2.42 bits per heavy atom. The Morgan fingerprint density at radius 1 is 1.17 bits per heavy atom. The van der Waals surface area contributed by atoms with Gasteiger partial charge >= 0.3 is 0 Å². The highest BCUT2D eigenvalue weighted by Crippen LogP contribution is 2.60. The zero-order valence-corrected chi connectivity index (χ0v) is 7.51. The standard InChI is InChI=1S/C10H17NO/c11-10-6-8(10)7-12-9(10)4-2-1-3-5-9/h8H,1-7,11H2. The van der Waals surface area contributed by atoms with Crippen LogP contribution in [0.15, 0.2) is 0 Å². The first kappa shape index (κ1) is 7.34. The van der Waals surface area contributed by atoms with Crippen LogP contribution in [0.1, 0.15) is 38.5 Å². The Balaban J connectivity index is 1.88. The summed E-state index contributed by atoms with van der Waals surface area (Å²) < 4.78 is 5.92. The normalized spacial score (nSPS) is 49.2. The highest BCUT2D eigenvalue weighted by molar-refractivity contribution is 5.24. The van der Waals surface area contributed by atoms with Gasteiger partial charge in [0.25, 0.3) is 0 Å². The topological polar surface area (TPSA) is 35.2 Å². The van der Waals surface area contributed by atoms with Crippen molar-refractivity contribution in [2.75, 3.05) is 6.61 Å². The van der Waals surface area contributed by atoms with E-state index in [1.54, 1.807) is 0 Å². The number of rotatable bonds is 0. The van der Waals surface area contributed by atoms with Crippen molar-refractivity contribution in [3.8, 4) is 0 Å². The van der Waals surface area contributed by atoms with Crippen LogP contribution in [-0.4, -0.2) is 17.7 Å². The first-order valence-electron chi connectivity index (χ1n) is 5.20. The minimum Gasteiger partial charge on any atom is -0.373 e. The van der Waals surface area contributed by atoms with Crippen molar-refractivity contribution >= 4 is 0 Å². The predicted molar refractivity (Wildman–Crippen MR) is 46.8 cm³/mol. The van der Waals surface area contributed by atoms with Crippen molar-refractivity contribution in [3.05, 3.63) is 0 Å². The maximum Gasteiger partial charge on any atom is 0.0864 e. The molecule has 0 radical (unpaired) electrons. The minimum atomic E-state index is 0.105. The Morgan fingerprint density at radius 2 is 1.92 bits per heavy atom. The van der Waals surface area contributed by atoms with Gasteiger partial charge in [0.1, 0.15) is 0 Å². The molecule has 0 bridgehead atoms. The molecule has 68 valence electrons. The van der Waals surface area contributed by atoms with Crippen LogP contribution in [0.4, 0.5) is 0 Å². The molecule has 1 saturated heterocycles. The van der Waals surface area contributed by atoms with Gasteiger partial charge < -0.3 is 10.5 Å². The zero-order chi connectivity index (χ0) is 8.23. The van der Waals surface area contributed by atoms with E-state index in [2.05, 4.69) is 0 Å². The summed E-state index contributed by atoms with van der Waals surface area (Å²) >= 11 is 0.